The van der Waals surface area contributed by atoms with Crippen molar-refractivity contribution in [1.82, 2.24) is 10.6 Å². The van der Waals surface area contributed by atoms with Crippen molar-refractivity contribution in [3.8, 4) is 0 Å². The van der Waals surface area contributed by atoms with Crippen LogP contribution in [0.2, 0.25) is 0 Å². The molecule has 2 atom stereocenters. The van der Waals surface area contributed by atoms with Crippen LogP contribution in [0.25, 0.3) is 0 Å². The summed E-state index contributed by atoms with van der Waals surface area (Å²) in [6, 6.07) is 0. The Balaban J connectivity index is 2.40. The van der Waals surface area contributed by atoms with Gasteiger partial charge in [0.25, 0.3) is 0 Å². The number of hydrogen-bond acceptors (Lipinski definition) is 3. The van der Waals surface area contributed by atoms with Crippen molar-refractivity contribution in [3.63, 3.8) is 0 Å². The summed E-state index contributed by atoms with van der Waals surface area (Å²) in [6.45, 7) is 7.74. The monoisotopic (exact) mass is 228 g/mol. The van der Waals surface area contributed by atoms with Gasteiger partial charge in [-0.2, -0.15) is 0 Å². The Kier molecular flexibility index (Phi) is 4.33. The van der Waals surface area contributed by atoms with Crippen molar-refractivity contribution >= 4 is 5.91 Å². The SMILES string of the molecule is CCCC(C)(O)CNC(=O)C1(C)CCNC1. The maximum atomic E-state index is 12.0. The van der Waals surface area contributed by atoms with Crippen LogP contribution in [-0.2, 0) is 4.79 Å². The van der Waals surface area contributed by atoms with Crippen LogP contribution >= 0.6 is 0 Å². The number of aliphatic hydroxyl groups is 1. The minimum atomic E-state index is -0.785. The zero-order valence-corrected chi connectivity index (χ0v) is 10.6. The molecule has 1 amide bonds. The van der Waals surface area contributed by atoms with Gasteiger partial charge in [-0.05, 0) is 33.2 Å². The molecule has 0 saturated carbocycles. The summed E-state index contributed by atoms with van der Waals surface area (Å²) < 4.78 is 0. The van der Waals surface area contributed by atoms with Crippen molar-refractivity contribution < 1.29 is 9.90 Å². The van der Waals surface area contributed by atoms with Gasteiger partial charge in [0.05, 0.1) is 11.0 Å². The van der Waals surface area contributed by atoms with Crippen molar-refractivity contribution in [2.45, 2.75) is 45.6 Å². The van der Waals surface area contributed by atoms with Gasteiger partial charge in [-0.25, -0.2) is 0 Å². The third kappa shape index (κ3) is 3.46. The Morgan fingerprint density at radius 1 is 1.62 bits per heavy atom. The molecule has 0 spiro atoms. The molecule has 94 valence electrons. The van der Waals surface area contributed by atoms with Gasteiger partial charge in [-0.3, -0.25) is 4.79 Å². The summed E-state index contributed by atoms with van der Waals surface area (Å²) in [5, 5.41) is 16.0. The smallest absolute Gasteiger partial charge is 0.227 e. The Bertz CT molecular complexity index is 245. The number of carbonyl (C=O) groups is 1. The zero-order chi connectivity index (χ0) is 12.2. The minimum Gasteiger partial charge on any atom is -0.388 e. The maximum Gasteiger partial charge on any atom is 0.227 e. The number of amides is 1. The summed E-state index contributed by atoms with van der Waals surface area (Å²) in [4.78, 5) is 12.0. The summed E-state index contributed by atoms with van der Waals surface area (Å²) in [5.74, 6) is 0.0499. The fourth-order valence-electron chi connectivity index (χ4n) is 2.12. The lowest BCUT2D eigenvalue weighted by Gasteiger charge is -2.27. The van der Waals surface area contributed by atoms with E-state index in [0.29, 0.717) is 13.0 Å². The number of rotatable bonds is 5. The molecule has 1 rings (SSSR count). The van der Waals surface area contributed by atoms with Crippen LogP contribution in [0.4, 0.5) is 0 Å². The maximum absolute atomic E-state index is 12.0. The summed E-state index contributed by atoms with van der Waals surface area (Å²) in [5.41, 5.74) is -1.09. The van der Waals surface area contributed by atoms with Crippen LogP contribution in [-0.4, -0.2) is 36.2 Å². The standard InChI is InChI=1S/C12H24N2O2/c1-4-5-12(3,16)9-14-10(15)11(2)6-7-13-8-11/h13,16H,4-9H2,1-3H3,(H,14,15). The van der Waals surface area contributed by atoms with E-state index < -0.39 is 5.60 Å². The first-order valence-corrected chi connectivity index (χ1v) is 6.11. The fourth-order valence-corrected chi connectivity index (χ4v) is 2.12. The molecular formula is C12H24N2O2. The van der Waals surface area contributed by atoms with E-state index in [1.54, 1.807) is 6.92 Å². The van der Waals surface area contributed by atoms with Gasteiger partial charge in [0, 0.05) is 13.1 Å². The molecule has 0 aliphatic carbocycles. The van der Waals surface area contributed by atoms with E-state index in [1.165, 1.54) is 0 Å². The van der Waals surface area contributed by atoms with Crippen LogP contribution in [0.1, 0.15) is 40.0 Å². The van der Waals surface area contributed by atoms with Crippen molar-refractivity contribution in [3.05, 3.63) is 0 Å². The van der Waals surface area contributed by atoms with Crippen molar-refractivity contribution in [1.29, 1.82) is 0 Å². The molecule has 3 N–H and O–H groups in total. The Morgan fingerprint density at radius 3 is 2.81 bits per heavy atom. The van der Waals surface area contributed by atoms with E-state index in [-0.39, 0.29) is 11.3 Å². The second-order valence-corrected chi connectivity index (χ2v) is 5.42. The van der Waals surface area contributed by atoms with Crippen LogP contribution in [0.15, 0.2) is 0 Å². The highest BCUT2D eigenvalue weighted by Crippen LogP contribution is 2.24. The van der Waals surface area contributed by atoms with E-state index in [9.17, 15) is 9.90 Å². The van der Waals surface area contributed by atoms with E-state index in [4.69, 9.17) is 0 Å². The van der Waals surface area contributed by atoms with E-state index in [0.717, 1.165) is 25.9 Å². The number of carbonyl (C=O) groups excluding carboxylic acids is 1. The molecule has 0 aromatic heterocycles. The molecule has 0 bridgehead atoms. The van der Waals surface area contributed by atoms with Gasteiger partial charge in [0.2, 0.25) is 5.91 Å². The molecule has 0 aromatic rings. The third-order valence-corrected chi connectivity index (χ3v) is 3.34. The van der Waals surface area contributed by atoms with E-state index in [2.05, 4.69) is 10.6 Å². The predicted octanol–water partition coefficient (Wildman–Crippen LogP) is 0.653. The van der Waals surface area contributed by atoms with Crippen LogP contribution in [0.5, 0.6) is 0 Å². The van der Waals surface area contributed by atoms with Crippen LogP contribution < -0.4 is 10.6 Å². The molecule has 1 aliphatic heterocycles. The van der Waals surface area contributed by atoms with E-state index >= 15 is 0 Å². The molecular weight excluding hydrogens is 204 g/mol. The van der Waals surface area contributed by atoms with Gasteiger partial charge in [-0.1, -0.05) is 13.3 Å². The number of hydrogen-bond donors (Lipinski definition) is 3. The van der Waals surface area contributed by atoms with Gasteiger partial charge in [-0.15, -0.1) is 0 Å². The van der Waals surface area contributed by atoms with Gasteiger partial charge in [0.15, 0.2) is 0 Å². The van der Waals surface area contributed by atoms with Crippen molar-refractivity contribution in [2.75, 3.05) is 19.6 Å². The molecule has 4 heteroatoms. The first-order valence-electron chi connectivity index (χ1n) is 6.11. The topological polar surface area (TPSA) is 61.4 Å². The highest BCUT2D eigenvalue weighted by Gasteiger charge is 2.36. The first kappa shape index (κ1) is 13.5. The second-order valence-electron chi connectivity index (χ2n) is 5.42. The fraction of sp³-hybridized carbons (Fsp3) is 0.917. The summed E-state index contributed by atoms with van der Waals surface area (Å²) >= 11 is 0. The average Bonchev–Trinajstić information content (AvgIpc) is 2.63. The second kappa shape index (κ2) is 5.15. The normalized spacial score (nSPS) is 28.8. The molecule has 1 saturated heterocycles. The lowest BCUT2D eigenvalue weighted by Crippen LogP contribution is -2.47. The lowest BCUT2D eigenvalue weighted by atomic mass is 9.88. The van der Waals surface area contributed by atoms with Crippen molar-refractivity contribution in [2.24, 2.45) is 5.41 Å². The molecule has 4 nitrogen and oxygen atoms in total. The largest absolute Gasteiger partial charge is 0.388 e. The van der Waals surface area contributed by atoms with Crippen LogP contribution in [0.3, 0.4) is 0 Å². The number of nitrogens with one attached hydrogen (secondary N) is 2. The molecule has 1 fully saturated rings. The van der Waals surface area contributed by atoms with Gasteiger partial charge >= 0.3 is 0 Å². The highest BCUT2D eigenvalue weighted by molar-refractivity contribution is 5.82. The van der Waals surface area contributed by atoms with Crippen LogP contribution in [0, 0.1) is 5.41 Å². The lowest BCUT2D eigenvalue weighted by molar-refractivity contribution is -0.130. The molecule has 16 heavy (non-hydrogen) atoms. The Morgan fingerprint density at radius 2 is 2.31 bits per heavy atom. The van der Waals surface area contributed by atoms with Gasteiger partial charge < -0.3 is 15.7 Å². The quantitative estimate of drug-likeness (QED) is 0.647. The Hall–Kier alpha value is -0.610. The van der Waals surface area contributed by atoms with E-state index in [1.807, 2.05) is 13.8 Å². The average molecular weight is 228 g/mol. The predicted molar refractivity (Wildman–Crippen MR) is 64.1 cm³/mol. The molecule has 2 unspecified atom stereocenters. The first-order chi connectivity index (χ1) is 7.40. The summed E-state index contributed by atoms with van der Waals surface area (Å²) in [6.07, 6.45) is 2.50. The molecule has 1 heterocycles. The molecule has 1 aliphatic rings. The minimum absolute atomic E-state index is 0.0499. The summed E-state index contributed by atoms with van der Waals surface area (Å²) in [7, 11) is 0. The molecule has 0 radical (unpaired) electrons. The highest BCUT2D eigenvalue weighted by atomic mass is 16.3. The Labute approximate surface area is 97.8 Å². The van der Waals surface area contributed by atoms with Gasteiger partial charge in [0.1, 0.15) is 0 Å². The third-order valence-electron chi connectivity index (χ3n) is 3.34. The zero-order valence-electron chi connectivity index (χ0n) is 10.6. The molecule has 0 aromatic carbocycles.